The maximum atomic E-state index is 2.51. The zero-order valence-electron chi connectivity index (χ0n) is 23.7. The van der Waals surface area contributed by atoms with Gasteiger partial charge in [-0.2, -0.15) is 0 Å². The molecule has 35 heavy (non-hydrogen) atoms. The Hall–Kier alpha value is -2.60. The Morgan fingerprint density at radius 3 is 1.40 bits per heavy atom. The van der Waals surface area contributed by atoms with Gasteiger partial charge in [-0.05, 0) is 107 Å². The van der Waals surface area contributed by atoms with Gasteiger partial charge in [0.1, 0.15) is 0 Å². The molecule has 1 atom stereocenters. The minimum atomic E-state index is 0.0881. The van der Waals surface area contributed by atoms with E-state index in [2.05, 4.69) is 125 Å². The average molecular weight is 463 g/mol. The molecule has 0 aliphatic rings. The fourth-order valence-corrected chi connectivity index (χ4v) is 5.67. The van der Waals surface area contributed by atoms with Crippen LogP contribution in [0.4, 0.5) is 0 Å². The molecule has 0 saturated carbocycles. The molecule has 5 aromatic carbocycles. The average Bonchev–Trinajstić information content (AvgIpc) is 2.73. The molecule has 0 heteroatoms. The molecule has 0 aliphatic carbocycles. The van der Waals surface area contributed by atoms with Crippen LogP contribution < -0.4 is 0 Å². The van der Waals surface area contributed by atoms with Crippen LogP contribution in [0.15, 0.2) is 48.5 Å². The Morgan fingerprint density at radius 2 is 0.943 bits per heavy atom. The van der Waals surface area contributed by atoms with Gasteiger partial charge in [-0.1, -0.05) is 106 Å². The van der Waals surface area contributed by atoms with Crippen LogP contribution in [-0.2, 0) is 10.8 Å². The molecule has 1 unspecified atom stereocenters. The molecule has 0 spiro atoms. The van der Waals surface area contributed by atoms with Crippen molar-refractivity contribution in [1.29, 1.82) is 0 Å². The molecule has 0 aromatic heterocycles. The van der Waals surface area contributed by atoms with Gasteiger partial charge in [0, 0.05) is 0 Å². The lowest BCUT2D eigenvalue weighted by Gasteiger charge is -2.29. The van der Waals surface area contributed by atoms with Crippen molar-refractivity contribution in [3.05, 3.63) is 70.8 Å². The van der Waals surface area contributed by atoms with E-state index >= 15 is 0 Å². The van der Waals surface area contributed by atoms with E-state index in [9.17, 15) is 0 Å². The highest BCUT2D eigenvalue weighted by Gasteiger charge is 2.25. The van der Waals surface area contributed by atoms with Crippen molar-refractivity contribution in [3.63, 3.8) is 0 Å². The van der Waals surface area contributed by atoms with E-state index in [4.69, 9.17) is 0 Å². The summed E-state index contributed by atoms with van der Waals surface area (Å²) >= 11 is 0. The third kappa shape index (κ3) is 3.90. The van der Waals surface area contributed by atoms with Gasteiger partial charge in [-0.25, -0.2) is 0 Å². The summed E-state index contributed by atoms with van der Waals surface area (Å²) in [5, 5.41) is 11.2. The van der Waals surface area contributed by atoms with Crippen LogP contribution in [0.5, 0.6) is 0 Å². The van der Waals surface area contributed by atoms with Crippen molar-refractivity contribution in [2.45, 2.75) is 92.9 Å². The molecule has 0 heterocycles. The van der Waals surface area contributed by atoms with Gasteiger partial charge in [-0.3, -0.25) is 0 Å². The molecule has 0 nitrogen and oxygen atoms in total. The first-order valence-corrected chi connectivity index (χ1v) is 13.3. The summed E-state index contributed by atoms with van der Waals surface area (Å²) in [6, 6.07) is 19.7. The lowest BCUT2D eigenvalue weighted by atomic mass is 9.75. The van der Waals surface area contributed by atoms with E-state index in [-0.39, 0.29) is 16.2 Å². The Labute approximate surface area is 212 Å². The highest BCUT2D eigenvalue weighted by atomic mass is 14.3. The molecule has 182 valence electrons. The van der Waals surface area contributed by atoms with Crippen LogP contribution in [0.2, 0.25) is 0 Å². The Bertz CT molecular complexity index is 1590. The van der Waals surface area contributed by atoms with Crippen molar-refractivity contribution in [2.75, 3.05) is 0 Å². The van der Waals surface area contributed by atoms with E-state index in [0.29, 0.717) is 5.92 Å². The summed E-state index contributed by atoms with van der Waals surface area (Å²) < 4.78 is 0. The molecular formula is C35H42. The second-order valence-corrected chi connectivity index (χ2v) is 14.2. The Kier molecular flexibility index (Phi) is 5.13. The summed E-state index contributed by atoms with van der Waals surface area (Å²) in [5.74, 6) is 0.467. The van der Waals surface area contributed by atoms with Gasteiger partial charge in [0.2, 0.25) is 0 Å². The smallest absolute Gasteiger partial charge is 0.00260 e. The Morgan fingerprint density at radius 1 is 0.514 bits per heavy atom. The lowest BCUT2D eigenvalue weighted by molar-refractivity contribution is 0.340. The normalized spacial score (nSPS) is 14.6. The first kappa shape index (κ1) is 24.1. The molecule has 0 bridgehead atoms. The maximum absolute atomic E-state index is 2.51. The molecule has 0 radical (unpaired) electrons. The molecule has 0 fully saturated rings. The summed E-state index contributed by atoms with van der Waals surface area (Å²) in [4.78, 5) is 0. The maximum Gasteiger partial charge on any atom is -0.00260 e. The summed E-state index contributed by atoms with van der Waals surface area (Å²) in [6.07, 6.45) is 0. The third-order valence-electron chi connectivity index (χ3n) is 8.38. The quantitative estimate of drug-likeness (QED) is 0.172. The zero-order valence-corrected chi connectivity index (χ0v) is 23.7. The second-order valence-electron chi connectivity index (χ2n) is 14.2. The summed E-state index contributed by atoms with van der Waals surface area (Å²) in [5.41, 5.74) is 6.00. The minimum Gasteiger partial charge on any atom is -0.0596 e. The highest BCUT2D eigenvalue weighted by molar-refractivity contribution is 6.33. The van der Waals surface area contributed by atoms with E-state index < -0.39 is 0 Å². The van der Waals surface area contributed by atoms with E-state index in [0.717, 1.165) is 0 Å². The van der Waals surface area contributed by atoms with Crippen molar-refractivity contribution in [1.82, 2.24) is 0 Å². The summed E-state index contributed by atoms with van der Waals surface area (Å²) in [6.45, 7) is 25.7. The molecule has 0 N–H and O–H groups in total. The SMILES string of the molecule is Cc1cc2cc(C(C)(C)C)cc3c4cc(C(C)(C)C)cc5cc(C(C)C(C)(C)C)cc(c(c1)c23)c54. The van der Waals surface area contributed by atoms with Crippen LogP contribution >= 0.6 is 0 Å². The fourth-order valence-electron chi connectivity index (χ4n) is 5.67. The first-order valence-electron chi connectivity index (χ1n) is 13.3. The number of hydrogen-bond donors (Lipinski definition) is 0. The van der Waals surface area contributed by atoms with Crippen LogP contribution in [0.3, 0.4) is 0 Å². The predicted octanol–water partition coefficient (Wildman–Crippen LogP) is 10.8. The molecule has 5 aromatic rings. The van der Waals surface area contributed by atoms with Crippen LogP contribution in [0, 0.1) is 12.3 Å². The molecule has 0 amide bonds. The largest absolute Gasteiger partial charge is 0.0596 e. The molecular weight excluding hydrogens is 420 g/mol. The molecule has 5 rings (SSSR count). The standard InChI is InChI=1S/C35H42/c1-20-12-23-15-25(34(6,7)8)18-29-30-19-26(35(9,10)11)16-24-14-22(21(2)33(3,4)5)17-28(32(24)30)27(13-20)31(23)29/h12-19,21H,1-11H3. The van der Waals surface area contributed by atoms with Gasteiger partial charge in [0.05, 0.1) is 0 Å². The number of hydrogen-bond acceptors (Lipinski definition) is 0. The predicted molar refractivity (Wildman–Crippen MR) is 158 cm³/mol. The monoisotopic (exact) mass is 462 g/mol. The molecule has 0 saturated heterocycles. The van der Waals surface area contributed by atoms with Gasteiger partial charge in [0.25, 0.3) is 0 Å². The lowest BCUT2D eigenvalue weighted by Crippen LogP contribution is -2.15. The van der Waals surface area contributed by atoms with Gasteiger partial charge >= 0.3 is 0 Å². The topological polar surface area (TPSA) is 0 Å². The van der Waals surface area contributed by atoms with E-state index in [1.807, 2.05) is 0 Å². The zero-order chi connectivity index (χ0) is 25.7. The van der Waals surface area contributed by atoms with Gasteiger partial charge in [0.15, 0.2) is 0 Å². The van der Waals surface area contributed by atoms with E-state index in [1.54, 1.807) is 0 Å². The number of fused-ring (bicyclic) bond motifs is 2. The highest BCUT2D eigenvalue weighted by Crippen LogP contribution is 2.46. The fraction of sp³-hybridized carbons (Fsp3) is 0.429. The third-order valence-corrected chi connectivity index (χ3v) is 8.38. The van der Waals surface area contributed by atoms with Crippen molar-refractivity contribution < 1.29 is 0 Å². The number of aryl methyl sites for hydroxylation is 1. The number of rotatable bonds is 1. The minimum absolute atomic E-state index is 0.0881. The van der Waals surface area contributed by atoms with Crippen LogP contribution in [-0.4, -0.2) is 0 Å². The number of benzene rings is 5. The van der Waals surface area contributed by atoms with E-state index in [1.165, 1.54) is 65.3 Å². The van der Waals surface area contributed by atoms with Crippen molar-refractivity contribution in [2.24, 2.45) is 5.41 Å². The first-order chi connectivity index (χ1) is 16.1. The van der Waals surface area contributed by atoms with Gasteiger partial charge < -0.3 is 0 Å². The van der Waals surface area contributed by atoms with Crippen molar-refractivity contribution in [3.8, 4) is 0 Å². The summed E-state index contributed by atoms with van der Waals surface area (Å²) in [7, 11) is 0. The van der Waals surface area contributed by atoms with Gasteiger partial charge in [-0.15, -0.1) is 0 Å². The Balaban J connectivity index is 2.08. The van der Waals surface area contributed by atoms with Crippen molar-refractivity contribution >= 4 is 43.1 Å². The second kappa shape index (κ2) is 7.45. The van der Waals surface area contributed by atoms with Crippen LogP contribution in [0.25, 0.3) is 43.1 Å². The molecule has 0 aliphatic heterocycles. The van der Waals surface area contributed by atoms with Crippen LogP contribution in [0.1, 0.15) is 97.4 Å².